The van der Waals surface area contributed by atoms with Crippen LogP contribution in [0.3, 0.4) is 0 Å². The molecule has 6 heteroatoms. The van der Waals surface area contributed by atoms with Crippen LogP contribution >= 0.6 is 11.8 Å². The zero-order chi connectivity index (χ0) is 14.9. The fourth-order valence-corrected chi connectivity index (χ4v) is 3.86. The average molecular weight is 311 g/mol. The second kappa shape index (κ2) is 9.41. The zero-order valence-electron chi connectivity index (χ0n) is 13.4. The van der Waals surface area contributed by atoms with Gasteiger partial charge in [-0.05, 0) is 55.5 Å². The molecule has 1 aromatic rings. The highest BCUT2D eigenvalue weighted by Crippen LogP contribution is 2.31. The maximum Gasteiger partial charge on any atom is 0.209 e. The van der Waals surface area contributed by atoms with E-state index in [0.717, 1.165) is 17.5 Å². The van der Waals surface area contributed by atoms with Gasteiger partial charge in [0.05, 0.1) is 6.04 Å². The fraction of sp³-hybridized carbons (Fsp3) is 0.933. The third-order valence-corrected chi connectivity index (χ3v) is 5.26. The molecule has 0 saturated heterocycles. The first kappa shape index (κ1) is 16.7. The Morgan fingerprint density at radius 3 is 2.86 bits per heavy atom. The molecule has 0 radical (unpaired) electrons. The predicted molar refractivity (Wildman–Crippen MR) is 87.7 cm³/mol. The van der Waals surface area contributed by atoms with Crippen molar-refractivity contribution in [2.75, 3.05) is 12.3 Å². The number of nitrogens with zero attached hydrogens (tertiary/aromatic N) is 4. The van der Waals surface area contributed by atoms with E-state index in [2.05, 4.69) is 39.4 Å². The van der Waals surface area contributed by atoms with Gasteiger partial charge in [-0.3, -0.25) is 0 Å². The van der Waals surface area contributed by atoms with Crippen LogP contribution in [-0.2, 0) is 0 Å². The van der Waals surface area contributed by atoms with Crippen molar-refractivity contribution in [2.45, 2.75) is 82.5 Å². The topological polar surface area (TPSA) is 55.6 Å². The summed E-state index contributed by atoms with van der Waals surface area (Å²) in [6.45, 7) is 5.62. The Labute approximate surface area is 132 Å². The van der Waals surface area contributed by atoms with E-state index in [9.17, 15) is 0 Å². The summed E-state index contributed by atoms with van der Waals surface area (Å²) >= 11 is 1.82. The van der Waals surface area contributed by atoms with Gasteiger partial charge in [-0.25, -0.2) is 4.68 Å². The lowest BCUT2D eigenvalue weighted by Gasteiger charge is -2.16. The maximum absolute atomic E-state index is 4.20. The molecular formula is C15H29N5S. The minimum absolute atomic E-state index is 0.539. The molecule has 1 fully saturated rings. The van der Waals surface area contributed by atoms with E-state index in [1.54, 1.807) is 0 Å². The Morgan fingerprint density at radius 1 is 1.33 bits per heavy atom. The highest BCUT2D eigenvalue weighted by molar-refractivity contribution is 7.99. The Morgan fingerprint density at radius 2 is 2.14 bits per heavy atom. The second-order valence-electron chi connectivity index (χ2n) is 5.89. The van der Waals surface area contributed by atoms with Crippen molar-refractivity contribution in [3.05, 3.63) is 0 Å². The summed E-state index contributed by atoms with van der Waals surface area (Å²) in [5.74, 6) is 1.11. The van der Waals surface area contributed by atoms with Crippen molar-refractivity contribution in [3.8, 4) is 0 Å². The lowest BCUT2D eigenvalue weighted by Crippen LogP contribution is -2.29. The first-order chi connectivity index (χ1) is 10.3. The van der Waals surface area contributed by atoms with Crippen LogP contribution in [0.1, 0.15) is 71.3 Å². The molecule has 5 nitrogen and oxygen atoms in total. The number of hydrogen-bond acceptors (Lipinski definition) is 5. The molecule has 1 N–H and O–H groups in total. The van der Waals surface area contributed by atoms with Gasteiger partial charge in [0.1, 0.15) is 0 Å². The molecule has 21 heavy (non-hydrogen) atoms. The van der Waals surface area contributed by atoms with Gasteiger partial charge in [0.15, 0.2) is 0 Å². The summed E-state index contributed by atoms with van der Waals surface area (Å²) < 4.78 is 2.06. The molecule has 2 rings (SSSR count). The minimum Gasteiger partial charge on any atom is -0.314 e. The number of hydrogen-bond donors (Lipinski definition) is 1. The van der Waals surface area contributed by atoms with Crippen molar-refractivity contribution >= 4 is 11.8 Å². The Hall–Kier alpha value is -0.620. The maximum atomic E-state index is 4.20. The van der Waals surface area contributed by atoms with Gasteiger partial charge in [0.25, 0.3) is 0 Å². The van der Waals surface area contributed by atoms with Crippen LogP contribution in [0.25, 0.3) is 0 Å². The number of nitrogens with one attached hydrogen (secondary N) is 1. The molecule has 1 heterocycles. The predicted octanol–water partition coefficient (Wildman–Crippen LogP) is 3.44. The summed E-state index contributed by atoms with van der Waals surface area (Å²) in [5.41, 5.74) is 0. The van der Waals surface area contributed by atoms with E-state index in [1.807, 2.05) is 11.8 Å². The van der Waals surface area contributed by atoms with Crippen molar-refractivity contribution in [1.29, 1.82) is 0 Å². The molecule has 0 spiro atoms. The van der Waals surface area contributed by atoms with Crippen molar-refractivity contribution in [3.63, 3.8) is 0 Å². The van der Waals surface area contributed by atoms with Crippen LogP contribution in [0.4, 0.5) is 0 Å². The van der Waals surface area contributed by atoms with Crippen molar-refractivity contribution in [1.82, 2.24) is 25.5 Å². The van der Waals surface area contributed by atoms with E-state index in [1.165, 1.54) is 51.4 Å². The van der Waals surface area contributed by atoms with E-state index in [0.29, 0.717) is 12.1 Å². The molecule has 1 aliphatic rings. The Kier molecular flexibility index (Phi) is 7.50. The van der Waals surface area contributed by atoms with Crippen LogP contribution in [-0.4, -0.2) is 38.5 Å². The van der Waals surface area contributed by atoms with E-state index >= 15 is 0 Å². The highest BCUT2D eigenvalue weighted by atomic mass is 32.2. The lowest BCUT2D eigenvalue weighted by atomic mass is 10.1. The summed E-state index contributed by atoms with van der Waals surface area (Å²) in [4.78, 5) is 0. The molecule has 0 bridgehead atoms. The van der Waals surface area contributed by atoms with Gasteiger partial charge >= 0.3 is 0 Å². The SMILES string of the molecule is CCCNC(CC)CCCSc1nnnn1C1CCCC1. The average Bonchev–Trinajstić information content (AvgIpc) is 3.17. The van der Waals surface area contributed by atoms with Crippen LogP contribution in [0.2, 0.25) is 0 Å². The van der Waals surface area contributed by atoms with Gasteiger partial charge in [-0.2, -0.15) is 0 Å². The molecule has 1 saturated carbocycles. The van der Waals surface area contributed by atoms with Crippen LogP contribution in [0.15, 0.2) is 5.16 Å². The van der Waals surface area contributed by atoms with Gasteiger partial charge in [0, 0.05) is 11.8 Å². The zero-order valence-corrected chi connectivity index (χ0v) is 14.2. The number of tetrazole rings is 1. The largest absolute Gasteiger partial charge is 0.314 e. The molecule has 0 aromatic carbocycles. The normalized spacial score (nSPS) is 17.4. The van der Waals surface area contributed by atoms with Crippen LogP contribution in [0, 0.1) is 0 Å². The minimum atomic E-state index is 0.539. The number of rotatable bonds is 10. The quantitative estimate of drug-likeness (QED) is 0.530. The third kappa shape index (κ3) is 5.25. The van der Waals surface area contributed by atoms with Crippen LogP contribution in [0.5, 0.6) is 0 Å². The van der Waals surface area contributed by atoms with Gasteiger partial charge in [-0.1, -0.05) is 38.5 Å². The van der Waals surface area contributed by atoms with Crippen molar-refractivity contribution < 1.29 is 0 Å². The van der Waals surface area contributed by atoms with E-state index in [4.69, 9.17) is 0 Å². The van der Waals surface area contributed by atoms with Gasteiger partial charge < -0.3 is 5.32 Å². The lowest BCUT2D eigenvalue weighted by molar-refractivity contribution is 0.422. The molecule has 1 aliphatic carbocycles. The highest BCUT2D eigenvalue weighted by Gasteiger charge is 2.21. The molecule has 1 unspecified atom stereocenters. The Bertz CT molecular complexity index is 389. The van der Waals surface area contributed by atoms with Crippen molar-refractivity contribution in [2.24, 2.45) is 0 Å². The first-order valence-electron chi connectivity index (χ1n) is 8.49. The van der Waals surface area contributed by atoms with Gasteiger partial charge in [0.2, 0.25) is 5.16 Å². The smallest absolute Gasteiger partial charge is 0.209 e. The van der Waals surface area contributed by atoms with Crippen LogP contribution < -0.4 is 5.32 Å². The third-order valence-electron chi connectivity index (χ3n) is 4.24. The first-order valence-corrected chi connectivity index (χ1v) is 9.47. The molecule has 1 atom stereocenters. The summed E-state index contributed by atoms with van der Waals surface area (Å²) in [5, 5.41) is 16.9. The molecule has 0 amide bonds. The number of aromatic nitrogens is 4. The fourth-order valence-electron chi connectivity index (χ4n) is 2.95. The number of thioether (sulfide) groups is 1. The molecular weight excluding hydrogens is 282 g/mol. The van der Waals surface area contributed by atoms with Gasteiger partial charge in [-0.15, -0.1) is 5.10 Å². The van der Waals surface area contributed by atoms with E-state index in [-0.39, 0.29) is 0 Å². The monoisotopic (exact) mass is 311 g/mol. The summed E-state index contributed by atoms with van der Waals surface area (Å²) in [7, 11) is 0. The Balaban J connectivity index is 1.70. The second-order valence-corrected chi connectivity index (χ2v) is 6.96. The molecule has 0 aliphatic heterocycles. The summed E-state index contributed by atoms with van der Waals surface area (Å²) in [6, 6.07) is 1.20. The molecule has 1 aromatic heterocycles. The molecule has 120 valence electrons. The summed E-state index contributed by atoms with van der Waals surface area (Å²) in [6.07, 6.45) is 9.98. The standard InChI is InChI=1S/C15H29N5S/c1-3-11-16-13(4-2)8-7-12-21-15-17-18-19-20(15)14-9-5-6-10-14/h13-14,16H,3-12H2,1-2H3. The van der Waals surface area contributed by atoms with E-state index < -0.39 is 0 Å².